The Morgan fingerprint density at radius 1 is 0.348 bits per heavy atom. The largest absolute Gasteiger partial charge is 0.756 e. The first-order valence-electron chi connectivity index (χ1n) is 40.0. The van der Waals surface area contributed by atoms with Crippen molar-refractivity contribution in [2.75, 3.05) is 47.5 Å². The minimum absolute atomic E-state index is 0.0285. The summed E-state index contributed by atoms with van der Waals surface area (Å²) in [4.78, 5) is 38.2. The molecule has 0 aliphatic carbocycles. The number of quaternary nitrogens is 1. The van der Waals surface area contributed by atoms with E-state index < -0.39 is 26.5 Å². The van der Waals surface area contributed by atoms with E-state index in [1.165, 1.54) is 302 Å². The number of hydrogen-bond acceptors (Lipinski definition) is 8. The van der Waals surface area contributed by atoms with Gasteiger partial charge in [-0.3, -0.25) is 14.2 Å². The van der Waals surface area contributed by atoms with E-state index in [0.29, 0.717) is 17.4 Å². The van der Waals surface area contributed by atoms with Gasteiger partial charge in [-0.2, -0.15) is 0 Å². The van der Waals surface area contributed by atoms with Crippen molar-refractivity contribution in [3.8, 4) is 0 Å². The second-order valence-electron chi connectivity index (χ2n) is 28.4. The molecule has 0 saturated heterocycles. The molecule has 92 heavy (non-hydrogen) atoms. The van der Waals surface area contributed by atoms with Gasteiger partial charge in [-0.25, -0.2) is 0 Å². The molecule has 9 nitrogen and oxygen atoms in total. The number of unbranched alkanes of at least 4 members (excludes halogenated alkanes) is 51. The molecular weight excluding hydrogens is 1160 g/mol. The Bertz CT molecular complexity index is 1740. The molecule has 0 aromatic carbocycles. The highest BCUT2D eigenvalue weighted by Gasteiger charge is 2.22. The van der Waals surface area contributed by atoms with Gasteiger partial charge < -0.3 is 27.9 Å². The topological polar surface area (TPSA) is 111 Å². The number of carbonyl (C=O) groups is 2. The predicted octanol–water partition coefficient (Wildman–Crippen LogP) is 25.9. The smallest absolute Gasteiger partial charge is 0.306 e. The van der Waals surface area contributed by atoms with Gasteiger partial charge in [-0.05, 0) is 57.8 Å². The molecule has 0 bridgehead atoms. The number of phosphoric acid groups is 1. The summed E-state index contributed by atoms with van der Waals surface area (Å²) in [5.41, 5.74) is 0. The van der Waals surface area contributed by atoms with Crippen LogP contribution < -0.4 is 4.89 Å². The number of phosphoric ester groups is 1. The highest BCUT2D eigenvalue weighted by atomic mass is 31.2. The Labute approximate surface area is 572 Å². The number of nitrogens with zero attached hydrogens (tertiary/aromatic N) is 1. The number of likely N-dealkylation sites (N-methyl/N-ethyl adjacent to an activating group) is 1. The number of allylic oxidation sites excluding steroid dienone is 10. The Kier molecular flexibility index (Phi) is 71.2. The molecule has 0 N–H and O–H groups in total. The fourth-order valence-electron chi connectivity index (χ4n) is 12.0. The lowest BCUT2D eigenvalue weighted by atomic mass is 10.0. The third kappa shape index (κ3) is 76.7. The number of carbonyl (C=O) groups excluding carboxylic acids is 2. The molecular formula is C82H154NO8P. The lowest BCUT2D eigenvalue weighted by Crippen LogP contribution is -2.37. The fraction of sp³-hybridized carbons (Fsp3) is 0.854. The number of hydrogen-bond donors (Lipinski definition) is 0. The summed E-state index contributed by atoms with van der Waals surface area (Å²) in [6.07, 6.45) is 97.8. The molecule has 10 heteroatoms. The van der Waals surface area contributed by atoms with Crippen LogP contribution in [0.5, 0.6) is 0 Å². The van der Waals surface area contributed by atoms with Crippen LogP contribution in [-0.2, 0) is 32.7 Å². The zero-order valence-corrected chi connectivity index (χ0v) is 62.7. The molecule has 2 atom stereocenters. The first-order chi connectivity index (χ1) is 45.0. The molecule has 0 rings (SSSR count). The predicted molar refractivity (Wildman–Crippen MR) is 397 cm³/mol. The van der Waals surface area contributed by atoms with Crippen LogP contribution in [0.1, 0.15) is 399 Å². The van der Waals surface area contributed by atoms with Crippen LogP contribution in [0.2, 0.25) is 0 Å². The number of rotatable bonds is 75. The minimum Gasteiger partial charge on any atom is -0.756 e. The van der Waals surface area contributed by atoms with E-state index in [9.17, 15) is 19.0 Å². The molecule has 0 aromatic rings. The van der Waals surface area contributed by atoms with Crippen LogP contribution in [-0.4, -0.2) is 70.0 Å². The molecule has 0 amide bonds. The Hall–Kier alpha value is -2.29. The van der Waals surface area contributed by atoms with Gasteiger partial charge >= 0.3 is 11.9 Å². The van der Waals surface area contributed by atoms with Crippen LogP contribution in [0.4, 0.5) is 0 Å². The molecule has 0 aliphatic rings. The molecule has 0 aliphatic heterocycles. The van der Waals surface area contributed by atoms with Crippen LogP contribution >= 0.6 is 7.82 Å². The van der Waals surface area contributed by atoms with Gasteiger partial charge in [0.1, 0.15) is 19.8 Å². The minimum atomic E-state index is -4.64. The lowest BCUT2D eigenvalue weighted by molar-refractivity contribution is -0.870. The normalized spacial score (nSPS) is 13.3. The number of esters is 2. The van der Waals surface area contributed by atoms with Crippen LogP contribution in [0, 0.1) is 0 Å². The summed E-state index contributed by atoms with van der Waals surface area (Å²) in [6, 6.07) is 0. The summed E-state index contributed by atoms with van der Waals surface area (Å²) in [6.45, 7) is 4.20. The van der Waals surface area contributed by atoms with Crippen LogP contribution in [0.15, 0.2) is 60.8 Å². The maximum Gasteiger partial charge on any atom is 0.306 e. The van der Waals surface area contributed by atoms with E-state index in [1.54, 1.807) is 0 Å². The second-order valence-corrected chi connectivity index (χ2v) is 29.8. The Morgan fingerprint density at radius 2 is 0.620 bits per heavy atom. The first kappa shape index (κ1) is 89.7. The van der Waals surface area contributed by atoms with Crippen molar-refractivity contribution in [3.05, 3.63) is 60.8 Å². The van der Waals surface area contributed by atoms with E-state index >= 15 is 0 Å². The maximum atomic E-state index is 12.9. The summed E-state index contributed by atoms with van der Waals surface area (Å²) in [5.74, 6) is -0.810. The standard InChI is InChI=1S/C82H154NO8P/c1-6-8-10-12-14-16-18-20-22-24-26-28-30-32-34-36-38-40-41-43-45-47-49-51-53-55-57-59-61-63-65-67-69-71-73-75-82(85)91-80(79-90-92(86,87)89-77-76-83(3,4)5)78-88-81(84)74-72-70-68-66-64-62-60-58-56-54-52-50-48-46-44-42-39-37-35-33-31-29-27-25-23-21-19-17-15-13-11-9-7-2/h8,10,14,16,20,22,26,28,32,34,80H,6-7,9,11-13,15,17-19,21,23-25,27,29-31,33,35-79H2,1-5H3/b10-8-,16-14-,22-20-,28-26-,34-32-. The average Bonchev–Trinajstić information content (AvgIpc) is 2.14. The number of ether oxygens (including phenoxy) is 2. The van der Waals surface area contributed by atoms with Crippen LogP contribution in [0.3, 0.4) is 0 Å². The van der Waals surface area contributed by atoms with Gasteiger partial charge in [-0.15, -0.1) is 0 Å². The first-order valence-corrected chi connectivity index (χ1v) is 41.5. The van der Waals surface area contributed by atoms with Crippen molar-refractivity contribution >= 4 is 19.8 Å². The molecule has 0 heterocycles. The molecule has 0 aromatic heterocycles. The van der Waals surface area contributed by atoms with Crippen molar-refractivity contribution < 1.29 is 42.1 Å². The lowest BCUT2D eigenvalue weighted by Gasteiger charge is -2.28. The van der Waals surface area contributed by atoms with Crippen molar-refractivity contribution in [1.29, 1.82) is 0 Å². The van der Waals surface area contributed by atoms with Gasteiger partial charge in [0.05, 0.1) is 27.7 Å². The van der Waals surface area contributed by atoms with Crippen molar-refractivity contribution in [2.24, 2.45) is 0 Å². The van der Waals surface area contributed by atoms with E-state index in [2.05, 4.69) is 74.6 Å². The highest BCUT2D eigenvalue weighted by Crippen LogP contribution is 2.38. The highest BCUT2D eigenvalue weighted by molar-refractivity contribution is 7.45. The average molecular weight is 1310 g/mol. The summed E-state index contributed by atoms with van der Waals surface area (Å²) < 4.78 is 34.4. The fourth-order valence-corrected chi connectivity index (χ4v) is 12.7. The van der Waals surface area contributed by atoms with E-state index in [0.717, 1.165) is 64.2 Å². The maximum absolute atomic E-state index is 12.9. The van der Waals surface area contributed by atoms with Gasteiger partial charge in [0.15, 0.2) is 6.10 Å². The molecule has 0 saturated carbocycles. The zero-order valence-electron chi connectivity index (χ0n) is 61.8. The van der Waals surface area contributed by atoms with Gasteiger partial charge in [0, 0.05) is 12.8 Å². The zero-order chi connectivity index (χ0) is 66.9. The summed E-state index contributed by atoms with van der Waals surface area (Å²) in [5, 5.41) is 0. The van der Waals surface area contributed by atoms with E-state index in [4.69, 9.17) is 18.5 Å². The third-order valence-corrected chi connectivity index (χ3v) is 19.0. The van der Waals surface area contributed by atoms with Gasteiger partial charge in [0.2, 0.25) is 0 Å². The van der Waals surface area contributed by atoms with E-state index in [1.807, 2.05) is 21.1 Å². The summed E-state index contributed by atoms with van der Waals surface area (Å²) in [7, 11) is 1.19. The molecule has 0 fully saturated rings. The van der Waals surface area contributed by atoms with E-state index in [-0.39, 0.29) is 32.0 Å². The third-order valence-electron chi connectivity index (χ3n) is 18.1. The van der Waals surface area contributed by atoms with Crippen molar-refractivity contribution in [3.63, 3.8) is 0 Å². The van der Waals surface area contributed by atoms with Crippen molar-refractivity contribution in [1.82, 2.24) is 0 Å². The van der Waals surface area contributed by atoms with Gasteiger partial charge in [-0.1, -0.05) is 389 Å². The summed E-state index contributed by atoms with van der Waals surface area (Å²) >= 11 is 0. The van der Waals surface area contributed by atoms with Crippen molar-refractivity contribution in [2.45, 2.75) is 405 Å². The second kappa shape index (κ2) is 73.0. The molecule has 2 unspecified atom stereocenters. The Morgan fingerprint density at radius 3 is 0.924 bits per heavy atom. The van der Waals surface area contributed by atoms with Gasteiger partial charge in [0.25, 0.3) is 7.82 Å². The van der Waals surface area contributed by atoms with Crippen LogP contribution in [0.25, 0.3) is 0 Å². The molecule has 540 valence electrons. The SMILES string of the molecule is CC/C=C\C/C=C\C/C=C\C/C=C\C/C=C\CCCCCCCCCCCCCCCCCCCCCC(=O)OC(COC(=O)CCCCCCCCCCCCCCCCCCCCCCCCCCCCCCCCCCC)COP(=O)([O-])OCC[N+](C)(C)C. The molecule has 0 spiro atoms. The quantitative estimate of drug-likeness (QED) is 0.0195. The monoisotopic (exact) mass is 1310 g/mol. The Balaban J connectivity index is 3.92. The molecule has 0 radical (unpaired) electrons.